The van der Waals surface area contributed by atoms with Crippen LogP contribution >= 0.6 is 0 Å². The molecular weight excluding hydrogens is 376 g/mol. The molecule has 30 heavy (non-hydrogen) atoms. The molecule has 0 bridgehead atoms. The average molecular weight is 398 g/mol. The molecule has 0 spiro atoms. The SMILES string of the molecule is O=C(/C=C/c1ccccc1)N1N=C2/C(=C/c3ccco3)CCC[C@@H]2[C@@H]1c1ccco1. The van der Waals surface area contributed by atoms with Crippen LogP contribution in [0.5, 0.6) is 0 Å². The van der Waals surface area contributed by atoms with E-state index >= 15 is 0 Å². The van der Waals surface area contributed by atoms with Crippen molar-refractivity contribution in [3.63, 3.8) is 0 Å². The Kier molecular flexibility index (Phi) is 4.93. The van der Waals surface area contributed by atoms with Crippen molar-refractivity contribution < 1.29 is 13.6 Å². The van der Waals surface area contributed by atoms with Gasteiger partial charge in [0.05, 0.1) is 18.2 Å². The molecule has 2 aliphatic rings. The highest BCUT2D eigenvalue weighted by atomic mass is 16.3. The average Bonchev–Trinajstić information content (AvgIpc) is 3.53. The van der Waals surface area contributed by atoms with E-state index in [1.54, 1.807) is 23.6 Å². The summed E-state index contributed by atoms with van der Waals surface area (Å²) in [5.74, 6) is 1.52. The van der Waals surface area contributed by atoms with Gasteiger partial charge in [-0.15, -0.1) is 0 Å². The van der Waals surface area contributed by atoms with Crippen molar-refractivity contribution in [2.75, 3.05) is 0 Å². The van der Waals surface area contributed by atoms with E-state index in [0.29, 0.717) is 0 Å². The largest absolute Gasteiger partial charge is 0.467 e. The van der Waals surface area contributed by atoms with E-state index < -0.39 is 0 Å². The smallest absolute Gasteiger partial charge is 0.267 e. The highest BCUT2D eigenvalue weighted by Crippen LogP contribution is 2.44. The van der Waals surface area contributed by atoms with Crippen LogP contribution in [0.4, 0.5) is 0 Å². The van der Waals surface area contributed by atoms with Gasteiger partial charge in [-0.1, -0.05) is 30.3 Å². The van der Waals surface area contributed by atoms with Crippen LogP contribution in [0, 0.1) is 5.92 Å². The Labute approximate surface area is 175 Å². The van der Waals surface area contributed by atoms with Gasteiger partial charge >= 0.3 is 0 Å². The van der Waals surface area contributed by atoms with E-state index in [1.807, 2.05) is 66.7 Å². The van der Waals surface area contributed by atoms with Gasteiger partial charge in [0, 0.05) is 12.0 Å². The van der Waals surface area contributed by atoms with Crippen LogP contribution in [0.2, 0.25) is 0 Å². The summed E-state index contributed by atoms with van der Waals surface area (Å²) in [5.41, 5.74) is 3.06. The van der Waals surface area contributed by atoms with Crippen molar-refractivity contribution in [3.8, 4) is 0 Å². The minimum atomic E-state index is -0.233. The number of benzene rings is 1. The van der Waals surface area contributed by atoms with Crippen LogP contribution in [0.15, 0.2) is 92.7 Å². The third-order valence-electron chi connectivity index (χ3n) is 5.64. The zero-order chi connectivity index (χ0) is 20.3. The maximum Gasteiger partial charge on any atom is 0.267 e. The van der Waals surface area contributed by atoms with E-state index in [9.17, 15) is 4.79 Å². The van der Waals surface area contributed by atoms with E-state index in [4.69, 9.17) is 13.9 Å². The summed E-state index contributed by atoms with van der Waals surface area (Å²) in [6, 6.07) is 17.1. The van der Waals surface area contributed by atoms with Crippen LogP contribution in [0.1, 0.15) is 42.4 Å². The standard InChI is InChI=1S/C25H22N2O3/c28-23(14-13-18-7-2-1-3-8-18)27-25(22-12-6-16-30-22)21-11-4-9-19(24(21)26-27)17-20-10-5-15-29-20/h1-3,5-8,10,12-17,21,25H,4,9,11H2/b14-13+,19-17+/t21-,25+/m0/s1. The first-order valence-electron chi connectivity index (χ1n) is 10.2. The lowest BCUT2D eigenvalue weighted by molar-refractivity contribution is -0.128. The number of allylic oxidation sites excluding steroid dienone is 1. The Morgan fingerprint density at radius 3 is 2.63 bits per heavy atom. The normalized spacial score (nSPS) is 22.5. The molecule has 1 aromatic carbocycles. The number of nitrogens with zero attached hydrogens (tertiary/aromatic N) is 2. The summed E-state index contributed by atoms with van der Waals surface area (Å²) in [7, 11) is 0. The zero-order valence-corrected chi connectivity index (χ0v) is 16.5. The number of amides is 1. The van der Waals surface area contributed by atoms with E-state index in [2.05, 4.69) is 0 Å². The van der Waals surface area contributed by atoms with Crippen LogP contribution in [0.25, 0.3) is 12.2 Å². The van der Waals surface area contributed by atoms with Crippen molar-refractivity contribution in [3.05, 3.63) is 95.9 Å². The molecule has 2 atom stereocenters. The molecule has 3 aromatic rings. The Bertz CT molecular complexity index is 1090. The molecule has 5 nitrogen and oxygen atoms in total. The van der Waals surface area contributed by atoms with Gasteiger partial charge in [-0.05, 0) is 66.8 Å². The number of fused-ring (bicyclic) bond motifs is 1. The van der Waals surface area contributed by atoms with Gasteiger partial charge in [0.2, 0.25) is 0 Å². The molecule has 5 rings (SSSR count). The fourth-order valence-corrected chi connectivity index (χ4v) is 4.27. The van der Waals surface area contributed by atoms with E-state index in [-0.39, 0.29) is 17.9 Å². The van der Waals surface area contributed by atoms with Crippen molar-refractivity contribution in [1.82, 2.24) is 5.01 Å². The van der Waals surface area contributed by atoms with Crippen molar-refractivity contribution in [2.45, 2.75) is 25.3 Å². The molecular formula is C25H22N2O3. The number of carbonyl (C=O) groups excluding carboxylic acids is 1. The van der Waals surface area contributed by atoms with E-state index in [1.165, 1.54) is 0 Å². The molecule has 0 saturated heterocycles. The maximum absolute atomic E-state index is 13.1. The van der Waals surface area contributed by atoms with Gasteiger partial charge < -0.3 is 8.83 Å². The highest BCUT2D eigenvalue weighted by molar-refractivity contribution is 6.08. The summed E-state index contributed by atoms with van der Waals surface area (Å²) in [6.45, 7) is 0. The van der Waals surface area contributed by atoms with Crippen molar-refractivity contribution >= 4 is 23.8 Å². The molecule has 1 amide bonds. The fourth-order valence-electron chi connectivity index (χ4n) is 4.27. The second kappa shape index (κ2) is 8.03. The summed E-state index contributed by atoms with van der Waals surface area (Å²) in [5, 5.41) is 6.38. The fraction of sp³-hybridized carbons (Fsp3) is 0.200. The second-order valence-electron chi connectivity index (χ2n) is 7.56. The third-order valence-corrected chi connectivity index (χ3v) is 5.64. The molecule has 1 fully saturated rings. The molecule has 150 valence electrons. The molecule has 5 heteroatoms. The monoisotopic (exact) mass is 398 g/mol. The van der Waals surface area contributed by atoms with Crippen molar-refractivity contribution in [1.29, 1.82) is 0 Å². The summed E-state index contributed by atoms with van der Waals surface area (Å²) >= 11 is 0. The summed E-state index contributed by atoms with van der Waals surface area (Å²) < 4.78 is 11.2. The third kappa shape index (κ3) is 3.54. The Morgan fingerprint density at radius 1 is 1.03 bits per heavy atom. The summed E-state index contributed by atoms with van der Waals surface area (Å²) in [4.78, 5) is 13.1. The van der Waals surface area contributed by atoms with Gasteiger partial charge in [0.25, 0.3) is 5.91 Å². The molecule has 3 heterocycles. The molecule has 0 unspecified atom stereocenters. The predicted molar refractivity (Wildman–Crippen MR) is 115 cm³/mol. The zero-order valence-electron chi connectivity index (χ0n) is 16.5. The number of carbonyl (C=O) groups is 1. The number of hydrogen-bond donors (Lipinski definition) is 0. The molecule has 1 aliphatic heterocycles. The molecule has 0 radical (unpaired) electrons. The van der Waals surface area contributed by atoms with Crippen LogP contribution in [0.3, 0.4) is 0 Å². The minimum Gasteiger partial charge on any atom is -0.467 e. The first-order chi connectivity index (χ1) is 14.8. The van der Waals surface area contributed by atoms with Gasteiger partial charge in [-0.2, -0.15) is 5.10 Å². The molecule has 1 aliphatic carbocycles. The molecule has 2 aromatic heterocycles. The number of rotatable bonds is 4. The van der Waals surface area contributed by atoms with Crippen LogP contribution in [-0.4, -0.2) is 16.6 Å². The van der Waals surface area contributed by atoms with Crippen molar-refractivity contribution in [2.24, 2.45) is 11.0 Å². The number of hydrazone groups is 1. The Hall–Kier alpha value is -3.60. The second-order valence-corrected chi connectivity index (χ2v) is 7.56. The van der Waals surface area contributed by atoms with Crippen LogP contribution in [-0.2, 0) is 4.79 Å². The maximum atomic E-state index is 13.1. The van der Waals surface area contributed by atoms with Crippen LogP contribution < -0.4 is 0 Å². The summed E-state index contributed by atoms with van der Waals surface area (Å²) in [6.07, 6.45) is 11.7. The molecule has 1 saturated carbocycles. The van der Waals surface area contributed by atoms with Gasteiger partial charge in [-0.3, -0.25) is 4.79 Å². The Morgan fingerprint density at radius 2 is 1.87 bits per heavy atom. The van der Waals surface area contributed by atoms with E-state index in [0.717, 1.165) is 47.6 Å². The topological polar surface area (TPSA) is 59.0 Å². The predicted octanol–water partition coefficient (Wildman–Crippen LogP) is 5.71. The lowest BCUT2D eigenvalue weighted by Gasteiger charge is -2.27. The Balaban J connectivity index is 1.49. The minimum absolute atomic E-state index is 0.111. The number of hydrogen-bond acceptors (Lipinski definition) is 4. The lowest BCUT2D eigenvalue weighted by Crippen LogP contribution is -2.30. The molecule has 0 N–H and O–H groups in total. The van der Waals surface area contributed by atoms with Gasteiger partial charge in [0.15, 0.2) is 0 Å². The quantitative estimate of drug-likeness (QED) is 0.529. The first-order valence-corrected chi connectivity index (χ1v) is 10.2. The first kappa shape index (κ1) is 18.4. The van der Waals surface area contributed by atoms with Gasteiger partial charge in [0.1, 0.15) is 17.6 Å². The van der Waals surface area contributed by atoms with Gasteiger partial charge in [-0.25, -0.2) is 5.01 Å². The lowest BCUT2D eigenvalue weighted by atomic mass is 9.79. The highest BCUT2D eigenvalue weighted by Gasteiger charge is 2.44. The number of furan rings is 2.